The summed E-state index contributed by atoms with van der Waals surface area (Å²) in [5.41, 5.74) is 1.29. The van der Waals surface area contributed by atoms with Gasteiger partial charge in [-0.3, -0.25) is 4.68 Å². The molecule has 1 unspecified atom stereocenters. The van der Waals surface area contributed by atoms with Gasteiger partial charge < -0.3 is 10.1 Å². The monoisotopic (exact) mass is 225 g/mol. The minimum atomic E-state index is 0.518. The highest BCUT2D eigenvalue weighted by Crippen LogP contribution is 2.06. The van der Waals surface area contributed by atoms with Gasteiger partial charge in [0.15, 0.2) is 0 Å². The number of hydrogen-bond donors (Lipinski definition) is 1. The van der Waals surface area contributed by atoms with E-state index in [4.69, 9.17) is 4.74 Å². The van der Waals surface area contributed by atoms with E-state index in [0.717, 1.165) is 32.5 Å². The lowest BCUT2D eigenvalue weighted by Crippen LogP contribution is -2.27. The fraction of sp³-hybridized carbons (Fsp3) is 0.750. The summed E-state index contributed by atoms with van der Waals surface area (Å²) in [4.78, 5) is 0. The van der Waals surface area contributed by atoms with Gasteiger partial charge in [-0.1, -0.05) is 0 Å². The largest absolute Gasteiger partial charge is 0.382 e. The highest BCUT2D eigenvalue weighted by atomic mass is 16.5. The van der Waals surface area contributed by atoms with Gasteiger partial charge in [0.1, 0.15) is 0 Å². The van der Waals surface area contributed by atoms with Crippen molar-refractivity contribution >= 4 is 0 Å². The number of likely N-dealkylation sites (N-methyl/N-ethyl adjacent to an activating group) is 1. The third kappa shape index (κ3) is 4.77. The van der Waals surface area contributed by atoms with Gasteiger partial charge in [0.2, 0.25) is 0 Å². The second kappa shape index (κ2) is 7.41. The van der Waals surface area contributed by atoms with Crippen molar-refractivity contribution in [2.75, 3.05) is 20.3 Å². The molecule has 4 nitrogen and oxygen atoms in total. The summed E-state index contributed by atoms with van der Waals surface area (Å²) in [6.07, 6.45) is 7.31. The van der Waals surface area contributed by atoms with Gasteiger partial charge in [-0.2, -0.15) is 5.10 Å². The van der Waals surface area contributed by atoms with Crippen LogP contribution in [0.25, 0.3) is 0 Å². The lowest BCUT2D eigenvalue weighted by atomic mass is 10.0. The molecule has 4 heteroatoms. The summed E-state index contributed by atoms with van der Waals surface area (Å²) in [7, 11) is 3.97. The molecule has 1 heterocycles. The molecule has 0 aromatic carbocycles. The van der Waals surface area contributed by atoms with E-state index in [-0.39, 0.29) is 0 Å². The second-order valence-corrected chi connectivity index (χ2v) is 4.05. The maximum Gasteiger partial charge on any atom is 0.0522 e. The molecule has 1 aromatic heterocycles. The van der Waals surface area contributed by atoms with Gasteiger partial charge in [-0.05, 0) is 38.8 Å². The lowest BCUT2D eigenvalue weighted by molar-refractivity contribution is 0.141. The number of nitrogens with one attached hydrogen (secondary N) is 1. The molecule has 0 saturated heterocycles. The molecular formula is C12H23N3O. The molecule has 0 bridgehead atoms. The molecule has 92 valence electrons. The van der Waals surface area contributed by atoms with Crippen molar-refractivity contribution in [1.82, 2.24) is 15.1 Å². The van der Waals surface area contributed by atoms with E-state index in [2.05, 4.69) is 16.6 Å². The Balaban J connectivity index is 2.26. The van der Waals surface area contributed by atoms with Crippen LogP contribution in [0.2, 0.25) is 0 Å². The molecule has 1 N–H and O–H groups in total. The van der Waals surface area contributed by atoms with E-state index in [1.165, 1.54) is 5.56 Å². The fourth-order valence-corrected chi connectivity index (χ4v) is 1.79. The fourth-order valence-electron chi connectivity index (χ4n) is 1.79. The van der Waals surface area contributed by atoms with E-state index >= 15 is 0 Å². The molecule has 0 aliphatic rings. The van der Waals surface area contributed by atoms with Gasteiger partial charge in [0, 0.05) is 32.5 Å². The molecule has 16 heavy (non-hydrogen) atoms. The van der Waals surface area contributed by atoms with E-state index in [9.17, 15) is 0 Å². The van der Waals surface area contributed by atoms with Gasteiger partial charge in [0.25, 0.3) is 0 Å². The summed E-state index contributed by atoms with van der Waals surface area (Å²) < 4.78 is 7.19. The van der Waals surface area contributed by atoms with Crippen molar-refractivity contribution in [3.05, 3.63) is 18.0 Å². The van der Waals surface area contributed by atoms with Crippen LogP contribution in [0.5, 0.6) is 0 Å². The lowest BCUT2D eigenvalue weighted by Gasteiger charge is -2.14. The molecule has 0 fully saturated rings. The Kier molecular flexibility index (Phi) is 6.11. The normalized spacial score (nSPS) is 12.9. The van der Waals surface area contributed by atoms with Gasteiger partial charge in [0.05, 0.1) is 6.20 Å². The van der Waals surface area contributed by atoms with Crippen molar-refractivity contribution in [3.8, 4) is 0 Å². The molecule has 1 atom stereocenters. The van der Waals surface area contributed by atoms with Crippen LogP contribution in [0.4, 0.5) is 0 Å². The summed E-state index contributed by atoms with van der Waals surface area (Å²) >= 11 is 0. The Morgan fingerprint density at radius 1 is 1.56 bits per heavy atom. The van der Waals surface area contributed by atoms with E-state index < -0.39 is 0 Å². The van der Waals surface area contributed by atoms with Crippen molar-refractivity contribution in [2.45, 2.75) is 32.2 Å². The van der Waals surface area contributed by atoms with Crippen LogP contribution in [0.1, 0.15) is 25.3 Å². The second-order valence-electron chi connectivity index (χ2n) is 4.05. The van der Waals surface area contributed by atoms with Gasteiger partial charge in [-0.25, -0.2) is 0 Å². The Labute approximate surface area is 98.0 Å². The Bertz CT molecular complexity index is 286. The highest BCUT2D eigenvalue weighted by molar-refractivity contribution is 5.05. The van der Waals surface area contributed by atoms with Gasteiger partial charge in [-0.15, -0.1) is 0 Å². The topological polar surface area (TPSA) is 39.1 Å². The Morgan fingerprint density at radius 2 is 2.38 bits per heavy atom. The van der Waals surface area contributed by atoms with Crippen molar-refractivity contribution in [1.29, 1.82) is 0 Å². The third-order valence-electron chi connectivity index (χ3n) is 2.69. The van der Waals surface area contributed by atoms with Crippen LogP contribution < -0.4 is 5.32 Å². The van der Waals surface area contributed by atoms with E-state index in [1.807, 2.05) is 31.9 Å². The summed E-state index contributed by atoms with van der Waals surface area (Å²) in [6.45, 7) is 3.71. The Morgan fingerprint density at radius 3 is 2.94 bits per heavy atom. The molecule has 0 aliphatic heterocycles. The minimum absolute atomic E-state index is 0.518. The predicted octanol–water partition coefficient (Wildman–Crippen LogP) is 1.37. The zero-order chi connectivity index (χ0) is 11.8. The number of aryl methyl sites for hydroxylation is 1. The zero-order valence-corrected chi connectivity index (χ0v) is 10.6. The minimum Gasteiger partial charge on any atom is -0.382 e. The summed E-state index contributed by atoms with van der Waals surface area (Å²) in [5, 5.41) is 7.52. The maximum absolute atomic E-state index is 5.34. The number of ether oxygens (including phenoxy) is 1. The molecule has 0 spiro atoms. The number of rotatable bonds is 8. The highest BCUT2D eigenvalue weighted by Gasteiger charge is 2.08. The third-order valence-corrected chi connectivity index (χ3v) is 2.69. The van der Waals surface area contributed by atoms with Crippen LogP contribution in [0, 0.1) is 0 Å². The van der Waals surface area contributed by atoms with E-state index in [0.29, 0.717) is 6.04 Å². The van der Waals surface area contributed by atoms with Crippen molar-refractivity contribution in [2.24, 2.45) is 7.05 Å². The maximum atomic E-state index is 5.34. The van der Waals surface area contributed by atoms with Crippen LogP contribution >= 0.6 is 0 Å². The van der Waals surface area contributed by atoms with Crippen LogP contribution in [-0.4, -0.2) is 36.1 Å². The molecule has 1 aromatic rings. The number of nitrogens with zero attached hydrogens (tertiary/aromatic N) is 2. The average Bonchev–Trinajstić information content (AvgIpc) is 2.68. The van der Waals surface area contributed by atoms with E-state index in [1.54, 1.807) is 0 Å². The standard InChI is InChI=1S/C12H23N3O/c1-4-16-7-5-6-12(13-2)8-11-9-14-15(3)10-11/h9-10,12-13H,4-8H2,1-3H3. The number of hydrogen-bond acceptors (Lipinski definition) is 3. The summed E-state index contributed by atoms with van der Waals surface area (Å²) in [5.74, 6) is 0. The molecule has 0 aliphatic carbocycles. The SMILES string of the molecule is CCOCCCC(Cc1cnn(C)c1)NC. The quantitative estimate of drug-likeness (QED) is 0.679. The predicted molar refractivity (Wildman–Crippen MR) is 65.5 cm³/mol. The van der Waals surface area contributed by atoms with Gasteiger partial charge >= 0.3 is 0 Å². The van der Waals surface area contributed by atoms with Crippen LogP contribution in [-0.2, 0) is 18.2 Å². The molecule has 0 radical (unpaired) electrons. The first-order valence-electron chi connectivity index (χ1n) is 5.98. The van der Waals surface area contributed by atoms with Crippen molar-refractivity contribution < 1.29 is 4.74 Å². The number of aromatic nitrogens is 2. The van der Waals surface area contributed by atoms with Crippen LogP contribution in [0.3, 0.4) is 0 Å². The first-order chi connectivity index (χ1) is 7.76. The average molecular weight is 225 g/mol. The smallest absolute Gasteiger partial charge is 0.0522 e. The first-order valence-corrected chi connectivity index (χ1v) is 5.98. The summed E-state index contributed by atoms with van der Waals surface area (Å²) in [6, 6.07) is 0.518. The molecular weight excluding hydrogens is 202 g/mol. The molecule has 0 amide bonds. The first kappa shape index (κ1) is 13.2. The zero-order valence-electron chi connectivity index (χ0n) is 10.6. The van der Waals surface area contributed by atoms with Crippen LogP contribution in [0.15, 0.2) is 12.4 Å². The Hall–Kier alpha value is -0.870. The molecule has 1 rings (SSSR count). The van der Waals surface area contributed by atoms with Crippen molar-refractivity contribution in [3.63, 3.8) is 0 Å². The molecule has 0 saturated carbocycles.